The lowest BCUT2D eigenvalue weighted by atomic mass is 10.2. The molecule has 0 spiro atoms. The van der Waals surface area contributed by atoms with Crippen LogP contribution in [-0.4, -0.2) is 48.4 Å². The van der Waals surface area contributed by atoms with Crippen molar-refractivity contribution in [3.8, 4) is 11.5 Å². The van der Waals surface area contributed by atoms with Crippen molar-refractivity contribution in [2.45, 2.75) is 13.8 Å². The normalized spacial score (nSPS) is 10.2. The average molecular weight is 407 g/mol. The number of hydrogen-bond acceptors (Lipinski definition) is 7. The number of ether oxygens (including phenoxy) is 2. The molecule has 150 valence electrons. The van der Waals surface area contributed by atoms with Crippen molar-refractivity contribution >= 4 is 33.8 Å². The first-order valence-corrected chi connectivity index (χ1v) is 9.36. The van der Waals surface area contributed by atoms with Gasteiger partial charge in [-0.25, -0.2) is 0 Å². The molecular weight excluding hydrogens is 386 g/mol. The molecule has 1 aromatic carbocycles. The van der Waals surface area contributed by atoms with Gasteiger partial charge in [-0.3, -0.25) is 19.7 Å². The molecule has 0 aliphatic heterocycles. The molecule has 0 atom stereocenters. The number of rotatable bonds is 9. The second kappa shape index (κ2) is 9.70. The number of nitrogens with one attached hydrogen (secondary N) is 1. The van der Waals surface area contributed by atoms with E-state index in [2.05, 4.69) is 5.32 Å². The second-order valence-electron chi connectivity index (χ2n) is 5.63. The Morgan fingerprint density at radius 1 is 1.14 bits per heavy atom. The van der Waals surface area contributed by atoms with Gasteiger partial charge in [0.1, 0.15) is 0 Å². The van der Waals surface area contributed by atoms with Gasteiger partial charge in [-0.05, 0) is 32.0 Å². The molecule has 0 unspecified atom stereocenters. The number of anilines is 1. The molecule has 1 aromatic heterocycles. The highest BCUT2D eigenvalue weighted by molar-refractivity contribution is 7.17. The standard InChI is InChI=1S/C18H21N3O6S/c1-4-26-13-7-6-12(10-14(13)27-5-2)19-16(22)11-20(3)18(23)15-8-9-17(28-15)21(24)25/h6-10H,4-5,11H2,1-3H3,(H,19,22). The lowest BCUT2D eigenvalue weighted by Gasteiger charge is -2.17. The lowest BCUT2D eigenvalue weighted by molar-refractivity contribution is -0.380. The summed E-state index contributed by atoms with van der Waals surface area (Å²) in [7, 11) is 1.46. The van der Waals surface area contributed by atoms with Crippen molar-refractivity contribution < 1.29 is 24.0 Å². The third-order valence-corrected chi connectivity index (χ3v) is 4.56. The number of hydrogen-bond donors (Lipinski definition) is 1. The Morgan fingerprint density at radius 2 is 1.82 bits per heavy atom. The monoisotopic (exact) mass is 407 g/mol. The van der Waals surface area contributed by atoms with Gasteiger partial charge in [-0.1, -0.05) is 11.3 Å². The fourth-order valence-corrected chi connectivity index (χ4v) is 3.16. The van der Waals surface area contributed by atoms with Gasteiger partial charge in [-0.2, -0.15) is 0 Å². The Balaban J connectivity index is 2.01. The van der Waals surface area contributed by atoms with Crippen molar-refractivity contribution in [3.63, 3.8) is 0 Å². The zero-order valence-corrected chi connectivity index (χ0v) is 16.6. The summed E-state index contributed by atoms with van der Waals surface area (Å²) >= 11 is 0.770. The Bertz CT molecular complexity index is 867. The molecule has 2 amide bonds. The zero-order chi connectivity index (χ0) is 20.7. The summed E-state index contributed by atoms with van der Waals surface area (Å²) in [6.07, 6.45) is 0. The van der Waals surface area contributed by atoms with Crippen molar-refractivity contribution in [1.82, 2.24) is 4.90 Å². The minimum absolute atomic E-state index is 0.126. The van der Waals surface area contributed by atoms with Crippen LogP contribution in [0.1, 0.15) is 23.5 Å². The van der Waals surface area contributed by atoms with Gasteiger partial charge in [0.2, 0.25) is 5.91 Å². The highest BCUT2D eigenvalue weighted by atomic mass is 32.1. The second-order valence-corrected chi connectivity index (χ2v) is 6.69. The number of carbonyl (C=O) groups is 2. The number of nitrogens with zero attached hydrogens (tertiary/aromatic N) is 2. The maximum Gasteiger partial charge on any atom is 0.324 e. The summed E-state index contributed by atoms with van der Waals surface area (Å²) in [6.45, 7) is 4.43. The van der Waals surface area contributed by atoms with Crippen LogP contribution in [0, 0.1) is 10.1 Å². The fraction of sp³-hybridized carbons (Fsp3) is 0.333. The Kier molecular flexibility index (Phi) is 7.33. The van der Waals surface area contributed by atoms with Crippen LogP contribution in [-0.2, 0) is 4.79 Å². The molecule has 2 aromatic rings. The van der Waals surface area contributed by atoms with Gasteiger partial charge in [0.05, 0.1) is 29.6 Å². The van der Waals surface area contributed by atoms with E-state index in [0.29, 0.717) is 30.4 Å². The molecule has 1 N–H and O–H groups in total. The van der Waals surface area contributed by atoms with Crippen LogP contribution < -0.4 is 14.8 Å². The first-order valence-electron chi connectivity index (χ1n) is 8.54. The van der Waals surface area contributed by atoms with E-state index >= 15 is 0 Å². The molecule has 0 bridgehead atoms. The lowest BCUT2D eigenvalue weighted by Crippen LogP contribution is -2.34. The van der Waals surface area contributed by atoms with Crippen LogP contribution in [0.15, 0.2) is 30.3 Å². The SMILES string of the molecule is CCOc1ccc(NC(=O)CN(C)C(=O)c2ccc([N+](=O)[O-])s2)cc1OCC. The smallest absolute Gasteiger partial charge is 0.324 e. The van der Waals surface area contributed by atoms with E-state index in [4.69, 9.17) is 9.47 Å². The topological polar surface area (TPSA) is 111 Å². The predicted octanol–water partition coefficient (Wildman–Crippen LogP) is 3.16. The summed E-state index contributed by atoms with van der Waals surface area (Å²) in [5.74, 6) is 0.217. The molecule has 1 heterocycles. The van der Waals surface area contributed by atoms with Gasteiger partial charge < -0.3 is 19.7 Å². The molecule has 9 nitrogen and oxygen atoms in total. The Morgan fingerprint density at radius 3 is 2.43 bits per heavy atom. The third-order valence-electron chi connectivity index (χ3n) is 3.54. The summed E-state index contributed by atoms with van der Waals surface area (Å²) < 4.78 is 11.0. The minimum Gasteiger partial charge on any atom is -0.490 e. The molecule has 2 rings (SSSR count). The van der Waals surface area contributed by atoms with E-state index < -0.39 is 16.7 Å². The van der Waals surface area contributed by atoms with E-state index in [1.807, 2.05) is 13.8 Å². The van der Waals surface area contributed by atoms with E-state index in [9.17, 15) is 19.7 Å². The summed E-state index contributed by atoms with van der Waals surface area (Å²) in [6, 6.07) is 7.66. The molecule has 10 heteroatoms. The van der Waals surface area contributed by atoms with Crippen molar-refractivity contribution in [1.29, 1.82) is 0 Å². The number of likely N-dealkylation sites (N-methyl/N-ethyl adjacent to an activating group) is 1. The Labute approximate surface area is 166 Å². The van der Waals surface area contributed by atoms with Crippen molar-refractivity contribution in [2.24, 2.45) is 0 Å². The van der Waals surface area contributed by atoms with Gasteiger partial charge >= 0.3 is 5.00 Å². The molecule has 0 aliphatic carbocycles. The number of carbonyl (C=O) groups excluding carboxylic acids is 2. The summed E-state index contributed by atoms with van der Waals surface area (Å²) in [5, 5.41) is 13.3. The van der Waals surface area contributed by atoms with Gasteiger partial charge in [-0.15, -0.1) is 0 Å². The first-order chi connectivity index (χ1) is 13.3. The highest BCUT2D eigenvalue weighted by Crippen LogP contribution is 2.30. The van der Waals surface area contributed by atoms with E-state index in [1.165, 1.54) is 24.1 Å². The van der Waals surface area contributed by atoms with Crippen LogP contribution in [0.5, 0.6) is 11.5 Å². The number of benzene rings is 1. The maximum absolute atomic E-state index is 12.3. The molecule has 0 saturated carbocycles. The van der Waals surface area contributed by atoms with Crippen molar-refractivity contribution in [2.75, 3.05) is 32.1 Å². The molecule has 28 heavy (non-hydrogen) atoms. The fourth-order valence-electron chi connectivity index (χ4n) is 2.35. The minimum atomic E-state index is -0.559. The van der Waals surface area contributed by atoms with Gasteiger partial charge in [0, 0.05) is 24.9 Å². The van der Waals surface area contributed by atoms with Crippen LogP contribution in [0.3, 0.4) is 0 Å². The molecule has 0 aliphatic rings. The van der Waals surface area contributed by atoms with E-state index in [-0.39, 0.29) is 16.4 Å². The quantitative estimate of drug-likeness (QED) is 0.505. The van der Waals surface area contributed by atoms with E-state index in [0.717, 1.165) is 11.3 Å². The van der Waals surface area contributed by atoms with Gasteiger partial charge in [0.25, 0.3) is 5.91 Å². The molecule has 0 radical (unpaired) electrons. The van der Waals surface area contributed by atoms with Crippen LogP contribution in [0.25, 0.3) is 0 Å². The van der Waals surface area contributed by atoms with Crippen LogP contribution in [0.2, 0.25) is 0 Å². The number of thiophene rings is 1. The average Bonchev–Trinajstić information content (AvgIpc) is 3.14. The number of nitro groups is 1. The highest BCUT2D eigenvalue weighted by Gasteiger charge is 2.20. The first kappa shape index (κ1) is 21.2. The van der Waals surface area contributed by atoms with Crippen molar-refractivity contribution in [3.05, 3.63) is 45.3 Å². The molecule has 0 fully saturated rings. The molecular formula is C18H21N3O6S. The van der Waals surface area contributed by atoms with Crippen LogP contribution >= 0.6 is 11.3 Å². The predicted molar refractivity (Wildman–Crippen MR) is 105 cm³/mol. The molecule has 0 saturated heterocycles. The summed E-state index contributed by atoms with van der Waals surface area (Å²) in [4.78, 5) is 36.2. The Hall–Kier alpha value is -3.14. The largest absolute Gasteiger partial charge is 0.490 e. The maximum atomic E-state index is 12.3. The summed E-state index contributed by atoms with van der Waals surface area (Å²) in [5.41, 5.74) is 0.504. The van der Waals surface area contributed by atoms with Gasteiger partial charge in [0.15, 0.2) is 11.5 Å². The van der Waals surface area contributed by atoms with E-state index in [1.54, 1.807) is 18.2 Å². The van der Waals surface area contributed by atoms with Crippen LogP contribution in [0.4, 0.5) is 10.7 Å². The zero-order valence-electron chi connectivity index (χ0n) is 15.8. The number of amides is 2. The third kappa shape index (κ3) is 5.43.